The van der Waals surface area contributed by atoms with E-state index in [1.165, 1.54) is 66.2 Å². The van der Waals surface area contributed by atoms with Gasteiger partial charge in [-0.05, 0) is 12.8 Å². The van der Waals surface area contributed by atoms with Crippen LogP contribution in [-0.4, -0.2) is 59.8 Å². The van der Waals surface area contributed by atoms with Crippen molar-refractivity contribution < 1.29 is 42.9 Å². The van der Waals surface area contributed by atoms with Gasteiger partial charge in [0.15, 0.2) is 23.2 Å². The van der Waals surface area contributed by atoms with Gasteiger partial charge in [0.25, 0.3) is 0 Å². The first-order valence-corrected chi connectivity index (χ1v) is 13.6. The van der Waals surface area contributed by atoms with Gasteiger partial charge in [0, 0.05) is 34.1 Å². The number of ether oxygens (including phenoxy) is 5. The normalized spacial score (nSPS) is 25.5. The fourth-order valence-electron chi connectivity index (χ4n) is 4.29. The Kier molecular flexibility index (Phi) is 15.5. The molecule has 212 valence electrons. The van der Waals surface area contributed by atoms with E-state index in [1.807, 2.05) is 12.2 Å². The predicted molar refractivity (Wildman–Crippen MR) is 141 cm³/mol. The summed E-state index contributed by atoms with van der Waals surface area (Å²) in [5.41, 5.74) is 0. The molecule has 5 atom stereocenters. The van der Waals surface area contributed by atoms with E-state index in [0.717, 1.165) is 19.3 Å². The Bertz CT molecular complexity index is 769. The number of unbranched alkanes of at least 4 members (excludes halogenated alkanes) is 8. The van der Waals surface area contributed by atoms with E-state index in [1.54, 1.807) is 0 Å². The molecule has 1 saturated heterocycles. The number of hydrogen-bond donors (Lipinski definition) is 1. The Hall–Kier alpha value is -2.07. The molecule has 9 nitrogen and oxygen atoms in total. The number of carbonyl (C=O) groups is 4. The maximum Gasteiger partial charge on any atom is 0.303 e. The zero-order chi connectivity index (χ0) is 27.8. The largest absolute Gasteiger partial charge is 0.463 e. The third-order valence-electron chi connectivity index (χ3n) is 5.94. The Balaban J connectivity index is 2.98. The van der Waals surface area contributed by atoms with E-state index < -0.39 is 53.2 Å². The number of carbonyl (C=O) groups excluding carboxylic acids is 4. The van der Waals surface area contributed by atoms with Crippen molar-refractivity contribution in [3.05, 3.63) is 12.2 Å². The van der Waals surface area contributed by atoms with Crippen LogP contribution in [-0.2, 0) is 42.9 Å². The van der Waals surface area contributed by atoms with Crippen molar-refractivity contribution in [1.82, 2.24) is 0 Å². The minimum absolute atomic E-state index is 0.201. The highest BCUT2D eigenvalue weighted by Crippen LogP contribution is 2.41. The average Bonchev–Trinajstić information content (AvgIpc) is 2.80. The van der Waals surface area contributed by atoms with Crippen LogP contribution < -0.4 is 0 Å². The summed E-state index contributed by atoms with van der Waals surface area (Å²) in [4.78, 5) is 45.8. The van der Waals surface area contributed by atoms with Crippen molar-refractivity contribution in [2.45, 2.75) is 128 Å². The van der Waals surface area contributed by atoms with Gasteiger partial charge in [0.1, 0.15) is 12.7 Å². The predicted octanol–water partition coefficient (Wildman–Crippen LogP) is 4.85. The SMILES string of the molecule is CCCCCCCCCCC=CC[C@@]1(S)O[C@H](COC(C)=O)[C@@H](OC(C)=O)[C@H](OC(C)=O)[C@H]1OC(C)=O. The first-order chi connectivity index (χ1) is 17.5. The molecule has 0 aliphatic carbocycles. The molecule has 0 N–H and O–H groups in total. The lowest BCUT2D eigenvalue weighted by atomic mass is 9.91. The van der Waals surface area contributed by atoms with Crippen molar-refractivity contribution in [3.8, 4) is 0 Å². The summed E-state index contributed by atoms with van der Waals surface area (Å²) < 4.78 is 27.6. The molecule has 37 heavy (non-hydrogen) atoms. The van der Waals surface area contributed by atoms with Crippen molar-refractivity contribution in [3.63, 3.8) is 0 Å². The van der Waals surface area contributed by atoms with Crippen LogP contribution in [0.15, 0.2) is 12.2 Å². The quantitative estimate of drug-likeness (QED) is 0.0957. The second-order valence-corrected chi connectivity index (χ2v) is 10.2. The van der Waals surface area contributed by atoms with E-state index in [0.29, 0.717) is 0 Å². The molecule has 1 aliphatic heterocycles. The second-order valence-electron chi connectivity index (χ2n) is 9.42. The Morgan fingerprint density at radius 3 is 1.84 bits per heavy atom. The molecule has 1 fully saturated rings. The fourth-order valence-corrected chi connectivity index (χ4v) is 4.73. The summed E-state index contributed by atoms with van der Waals surface area (Å²) in [5.74, 6) is -2.55. The molecule has 0 aromatic rings. The maximum absolute atomic E-state index is 12.0. The molecule has 10 heteroatoms. The van der Waals surface area contributed by atoms with E-state index in [4.69, 9.17) is 36.3 Å². The molecule has 0 radical (unpaired) electrons. The Morgan fingerprint density at radius 1 is 0.757 bits per heavy atom. The van der Waals surface area contributed by atoms with Gasteiger partial charge in [0.2, 0.25) is 0 Å². The number of rotatable bonds is 16. The molecular weight excluding hydrogens is 500 g/mol. The van der Waals surface area contributed by atoms with Crippen molar-refractivity contribution in [1.29, 1.82) is 0 Å². The van der Waals surface area contributed by atoms with Gasteiger partial charge in [-0.2, -0.15) is 0 Å². The van der Waals surface area contributed by atoms with Crippen molar-refractivity contribution in [2.75, 3.05) is 6.61 Å². The van der Waals surface area contributed by atoms with Crippen LogP contribution in [0.25, 0.3) is 0 Å². The fraction of sp³-hybridized carbons (Fsp3) is 0.778. The summed E-state index contributed by atoms with van der Waals surface area (Å²) >= 11 is 4.71. The number of allylic oxidation sites excluding steroid dienone is 1. The lowest BCUT2D eigenvalue weighted by molar-refractivity contribution is -0.260. The third kappa shape index (κ3) is 12.8. The van der Waals surface area contributed by atoms with Crippen LogP contribution in [0.2, 0.25) is 0 Å². The molecule has 0 spiro atoms. The van der Waals surface area contributed by atoms with E-state index in [9.17, 15) is 19.2 Å². The molecule has 0 bridgehead atoms. The lowest BCUT2D eigenvalue weighted by Crippen LogP contribution is -2.66. The van der Waals surface area contributed by atoms with Crippen LogP contribution in [0.4, 0.5) is 0 Å². The minimum Gasteiger partial charge on any atom is -0.463 e. The van der Waals surface area contributed by atoms with Gasteiger partial charge < -0.3 is 23.7 Å². The molecule has 0 unspecified atom stereocenters. The zero-order valence-electron chi connectivity index (χ0n) is 22.9. The monoisotopic (exact) mass is 544 g/mol. The van der Waals surface area contributed by atoms with Gasteiger partial charge in [-0.15, -0.1) is 12.6 Å². The number of thiol groups is 1. The summed E-state index contributed by atoms with van der Waals surface area (Å²) in [6.45, 7) is 6.76. The molecule has 0 amide bonds. The summed E-state index contributed by atoms with van der Waals surface area (Å²) in [6, 6.07) is 0. The molecular formula is C27H44O9S. The summed E-state index contributed by atoms with van der Waals surface area (Å²) in [6.07, 6.45) is 10.2. The second kappa shape index (κ2) is 17.4. The maximum atomic E-state index is 12.0. The minimum atomic E-state index is -1.44. The van der Waals surface area contributed by atoms with Crippen LogP contribution in [0, 0.1) is 0 Å². The molecule has 1 rings (SSSR count). The number of esters is 4. The third-order valence-corrected chi connectivity index (χ3v) is 6.48. The standard InChI is InChI=1S/C27H44O9S/c1-6-7-8-9-10-11-12-13-14-15-16-17-27(37)26(35-22(5)31)25(34-21(4)30)24(33-20(3)29)23(36-27)18-32-19(2)28/h15-16,23-26,37H,6-14,17-18H2,1-5H3/t23-,24-,25+,26-,27+/m1/s1. The number of hydrogen-bond acceptors (Lipinski definition) is 10. The van der Waals surface area contributed by atoms with E-state index >= 15 is 0 Å². The van der Waals surface area contributed by atoms with Gasteiger partial charge >= 0.3 is 23.9 Å². The smallest absolute Gasteiger partial charge is 0.303 e. The van der Waals surface area contributed by atoms with E-state index in [2.05, 4.69) is 6.92 Å². The molecule has 0 aromatic carbocycles. The van der Waals surface area contributed by atoms with Crippen LogP contribution >= 0.6 is 12.6 Å². The molecule has 0 saturated carbocycles. The van der Waals surface area contributed by atoms with Crippen LogP contribution in [0.5, 0.6) is 0 Å². The molecule has 0 aromatic heterocycles. The van der Waals surface area contributed by atoms with E-state index in [-0.39, 0.29) is 13.0 Å². The molecule has 1 aliphatic rings. The van der Waals surface area contributed by atoms with Gasteiger partial charge in [0.05, 0.1) is 0 Å². The topological polar surface area (TPSA) is 114 Å². The first kappa shape index (κ1) is 33.0. The lowest BCUT2D eigenvalue weighted by Gasteiger charge is -2.49. The average molecular weight is 545 g/mol. The van der Waals surface area contributed by atoms with Crippen molar-refractivity contribution >= 4 is 36.5 Å². The van der Waals surface area contributed by atoms with Gasteiger partial charge in [-0.25, -0.2) is 0 Å². The molecule has 1 heterocycles. The summed E-state index contributed by atoms with van der Waals surface area (Å²) in [5, 5.41) is 0. The van der Waals surface area contributed by atoms with Crippen LogP contribution in [0.1, 0.15) is 98.8 Å². The zero-order valence-corrected chi connectivity index (χ0v) is 23.8. The highest BCUT2D eigenvalue weighted by Gasteiger charge is 2.58. The van der Waals surface area contributed by atoms with Crippen molar-refractivity contribution in [2.24, 2.45) is 0 Å². The van der Waals surface area contributed by atoms with Gasteiger partial charge in [-0.3, -0.25) is 19.2 Å². The Morgan fingerprint density at radius 2 is 1.30 bits per heavy atom. The van der Waals surface area contributed by atoms with Gasteiger partial charge in [-0.1, -0.05) is 64.0 Å². The first-order valence-electron chi connectivity index (χ1n) is 13.2. The van der Waals surface area contributed by atoms with Crippen LogP contribution in [0.3, 0.4) is 0 Å². The highest BCUT2D eigenvalue weighted by atomic mass is 32.1. The highest BCUT2D eigenvalue weighted by molar-refractivity contribution is 7.81. The summed E-state index contributed by atoms with van der Waals surface area (Å²) in [7, 11) is 0. The Labute approximate surface area is 226 Å².